The molecule has 0 aliphatic carbocycles. The lowest BCUT2D eigenvalue weighted by molar-refractivity contribution is -0.148. The largest absolute Gasteiger partial charge is 0.467 e. The maximum absolute atomic E-state index is 12.8. The number of thioether (sulfide) groups is 1. The van der Waals surface area contributed by atoms with Gasteiger partial charge in [0.1, 0.15) is 11.0 Å². The Labute approximate surface area is 167 Å². The van der Waals surface area contributed by atoms with Gasteiger partial charge in [0.05, 0.1) is 26.2 Å². The Morgan fingerprint density at radius 2 is 1.61 bits per heavy atom. The third kappa shape index (κ3) is 5.33. The summed E-state index contributed by atoms with van der Waals surface area (Å²) in [5.41, 5.74) is 1.39. The molecule has 0 spiro atoms. The van der Waals surface area contributed by atoms with Crippen LogP contribution in [0.4, 0.5) is 14.4 Å². The number of ether oxygens (including phenoxy) is 4. The molecular formula is C16H27N3O8S. The molecule has 11 nitrogen and oxygen atoms in total. The summed E-state index contributed by atoms with van der Waals surface area (Å²) >= 11 is 1.07. The van der Waals surface area contributed by atoms with E-state index < -0.39 is 46.1 Å². The topological polar surface area (TPSA) is 124 Å². The van der Waals surface area contributed by atoms with Crippen molar-refractivity contribution in [3.63, 3.8) is 0 Å². The second-order valence-electron chi connectivity index (χ2n) is 7.22. The molecule has 1 heterocycles. The normalized spacial score (nSPS) is 20.8. The summed E-state index contributed by atoms with van der Waals surface area (Å²) in [5, 5.41) is -0.286. The van der Waals surface area contributed by atoms with E-state index in [2.05, 4.69) is 10.2 Å². The van der Waals surface area contributed by atoms with Crippen LogP contribution in [-0.2, 0) is 23.7 Å². The van der Waals surface area contributed by atoms with Gasteiger partial charge in [-0.1, -0.05) is 0 Å². The summed E-state index contributed by atoms with van der Waals surface area (Å²) in [7, 11) is 3.37. The molecule has 0 aromatic rings. The number of carbonyl (C=O) groups is 4. The van der Waals surface area contributed by atoms with E-state index in [0.29, 0.717) is 0 Å². The van der Waals surface area contributed by atoms with Crippen molar-refractivity contribution >= 4 is 36.0 Å². The highest BCUT2D eigenvalue weighted by Crippen LogP contribution is 2.46. The fraction of sp³-hybridized carbons (Fsp3) is 0.750. The summed E-state index contributed by atoms with van der Waals surface area (Å²) in [6.45, 7) is 8.40. The van der Waals surface area contributed by atoms with Crippen LogP contribution in [0.5, 0.6) is 0 Å². The van der Waals surface area contributed by atoms with E-state index in [1.807, 2.05) is 0 Å². The molecule has 0 saturated carbocycles. The molecule has 0 unspecified atom stereocenters. The Hall–Kier alpha value is -2.37. The summed E-state index contributed by atoms with van der Waals surface area (Å²) < 4.78 is 19.5. The number of rotatable bonds is 2. The van der Waals surface area contributed by atoms with Crippen LogP contribution < -0.4 is 5.43 Å². The number of nitrogens with one attached hydrogen (secondary N) is 1. The van der Waals surface area contributed by atoms with Crippen LogP contribution in [-0.4, -0.2) is 77.4 Å². The van der Waals surface area contributed by atoms with Gasteiger partial charge in [-0.05, 0) is 34.6 Å². The quantitative estimate of drug-likeness (QED) is 0.404. The minimum absolute atomic E-state index is 0.772. The van der Waals surface area contributed by atoms with Crippen molar-refractivity contribution in [1.29, 1.82) is 0 Å². The van der Waals surface area contributed by atoms with Gasteiger partial charge >= 0.3 is 24.2 Å². The first-order valence-electron chi connectivity index (χ1n) is 8.28. The Morgan fingerprint density at radius 1 is 1.04 bits per heavy atom. The van der Waals surface area contributed by atoms with Crippen LogP contribution >= 0.6 is 11.8 Å². The fourth-order valence-electron chi connectivity index (χ4n) is 2.52. The third-order valence-electron chi connectivity index (χ3n) is 3.59. The van der Waals surface area contributed by atoms with Gasteiger partial charge in [-0.3, -0.25) is 4.90 Å². The Kier molecular flexibility index (Phi) is 7.40. The van der Waals surface area contributed by atoms with E-state index >= 15 is 0 Å². The molecule has 1 fully saturated rings. The van der Waals surface area contributed by atoms with Crippen molar-refractivity contribution in [2.45, 2.75) is 56.5 Å². The second-order valence-corrected chi connectivity index (χ2v) is 8.93. The molecule has 1 saturated heterocycles. The predicted molar refractivity (Wildman–Crippen MR) is 99.1 cm³/mol. The van der Waals surface area contributed by atoms with Crippen LogP contribution in [0.2, 0.25) is 0 Å². The average Bonchev–Trinajstić information content (AvgIpc) is 2.87. The molecule has 1 aliphatic heterocycles. The number of carbonyl (C=O) groups excluding carboxylic acids is 4. The van der Waals surface area contributed by atoms with Crippen molar-refractivity contribution < 1.29 is 38.1 Å². The van der Waals surface area contributed by atoms with Crippen LogP contribution in [0.15, 0.2) is 0 Å². The summed E-state index contributed by atoms with van der Waals surface area (Å²) in [6.07, 6.45) is -2.69. The minimum atomic E-state index is -1.28. The Morgan fingerprint density at radius 3 is 2.04 bits per heavy atom. The van der Waals surface area contributed by atoms with E-state index in [4.69, 9.17) is 14.2 Å². The highest BCUT2D eigenvalue weighted by molar-refractivity contribution is 8.01. The highest BCUT2D eigenvalue weighted by Gasteiger charge is 2.58. The molecule has 12 heteroatoms. The highest BCUT2D eigenvalue weighted by atomic mass is 32.2. The second kappa shape index (κ2) is 8.76. The number of methoxy groups -OCH3 is 3. The van der Waals surface area contributed by atoms with Gasteiger partial charge in [0.2, 0.25) is 0 Å². The minimum Gasteiger partial charge on any atom is -0.467 e. The standard InChI is InChI=1S/C16H27N3O8S/c1-15(2,3)27-13(22)18-9(11(20)24-6)10(28-16(18,4)5)19(14(23)26-8)17-12(21)25-7/h9-10H,1-8H3,(H,17,21)/t9-,10-/m0/s1. The van der Waals surface area contributed by atoms with Gasteiger partial charge in [-0.15, -0.1) is 11.8 Å². The Balaban J connectivity index is 3.40. The molecule has 1 N–H and O–H groups in total. The number of esters is 1. The fourth-order valence-corrected chi connectivity index (χ4v) is 4.01. The summed E-state index contributed by atoms with van der Waals surface area (Å²) in [5.74, 6) is -0.797. The van der Waals surface area contributed by atoms with Crippen LogP contribution in [0.3, 0.4) is 0 Å². The molecule has 0 bridgehead atoms. The van der Waals surface area contributed by atoms with E-state index in [1.54, 1.807) is 34.6 Å². The lowest BCUT2D eigenvalue weighted by Crippen LogP contribution is -2.59. The zero-order chi connectivity index (χ0) is 21.9. The molecule has 3 amide bonds. The van der Waals surface area contributed by atoms with E-state index in [0.717, 1.165) is 38.1 Å². The van der Waals surface area contributed by atoms with E-state index in [-0.39, 0.29) is 0 Å². The van der Waals surface area contributed by atoms with Crippen LogP contribution in [0.1, 0.15) is 34.6 Å². The molecule has 1 aliphatic rings. The van der Waals surface area contributed by atoms with Crippen molar-refractivity contribution in [1.82, 2.24) is 15.3 Å². The third-order valence-corrected chi connectivity index (χ3v) is 5.08. The summed E-state index contributed by atoms with van der Waals surface area (Å²) in [4.78, 5) is 49.5. The average molecular weight is 421 g/mol. The molecule has 160 valence electrons. The molecule has 0 aromatic carbocycles. The van der Waals surface area contributed by atoms with Gasteiger partial charge in [0.25, 0.3) is 0 Å². The first-order chi connectivity index (χ1) is 12.8. The molecule has 28 heavy (non-hydrogen) atoms. The van der Waals surface area contributed by atoms with Crippen molar-refractivity contribution in [2.24, 2.45) is 0 Å². The number of hydrogen-bond donors (Lipinski definition) is 1. The van der Waals surface area contributed by atoms with Crippen molar-refractivity contribution in [2.75, 3.05) is 21.3 Å². The monoisotopic (exact) mass is 421 g/mol. The zero-order valence-electron chi connectivity index (χ0n) is 17.2. The molecule has 1 rings (SSSR count). The maximum atomic E-state index is 12.8. The Bertz CT molecular complexity index is 634. The van der Waals surface area contributed by atoms with Crippen LogP contribution in [0.25, 0.3) is 0 Å². The van der Waals surface area contributed by atoms with Crippen LogP contribution in [0, 0.1) is 0 Å². The molecule has 2 atom stereocenters. The lowest BCUT2D eigenvalue weighted by atomic mass is 10.2. The maximum Gasteiger partial charge on any atom is 0.429 e. The first-order valence-corrected chi connectivity index (χ1v) is 9.16. The number of hydrazine groups is 1. The van der Waals surface area contributed by atoms with Crippen molar-refractivity contribution in [3.8, 4) is 0 Å². The first kappa shape index (κ1) is 23.7. The SMILES string of the molecule is COC(=O)NN(C(=O)OC)[C@H]1SC(C)(C)N(C(=O)OC(C)(C)C)[C@@H]1C(=O)OC. The van der Waals surface area contributed by atoms with Gasteiger partial charge < -0.3 is 18.9 Å². The number of nitrogens with zero attached hydrogens (tertiary/aromatic N) is 2. The lowest BCUT2D eigenvalue weighted by Gasteiger charge is -2.35. The predicted octanol–water partition coefficient (Wildman–Crippen LogP) is 1.91. The van der Waals surface area contributed by atoms with Gasteiger partial charge in [-0.2, -0.15) is 5.01 Å². The molecular weight excluding hydrogens is 394 g/mol. The van der Waals surface area contributed by atoms with E-state index in [1.165, 1.54) is 4.90 Å². The van der Waals surface area contributed by atoms with Gasteiger partial charge in [-0.25, -0.2) is 24.6 Å². The smallest absolute Gasteiger partial charge is 0.429 e. The molecule has 0 aromatic heterocycles. The number of amides is 3. The summed E-state index contributed by atoms with van der Waals surface area (Å²) in [6, 6.07) is -1.28. The molecule has 0 radical (unpaired) electrons. The van der Waals surface area contributed by atoms with Crippen molar-refractivity contribution in [3.05, 3.63) is 0 Å². The number of hydrogen-bond acceptors (Lipinski definition) is 9. The zero-order valence-corrected chi connectivity index (χ0v) is 18.0. The van der Waals surface area contributed by atoms with Gasteiger partial charge in [0, 0.05) is 0 Å². The van der Waals surface area contributed by atoms with E-state index in [9.17, 15) is 19.2 Å². The van der Waals surface area contributed by atoms with Gasteiger partial charge in [0.15, 0.2) is 6.04 Å².